The van der Waals surface area contributed by atoms with Gasteiger partial charge in [-0.3, -0.25) is 9.36 Å². The first kappa shape index (κ1) is 30.6. The smallest absolute Gasteiger partial charge is 0.225 e. The van der Waals surface area contributed by atoms with Crippen molar-refractivity contribution in [3.05, 3.63) is 84.6 Å². The molecule has 0 unspecified atom stereocenters. The summed E-state index contributed by atoms with van der Waals surface area (Å²) >= 11 is 0. The molecule has 7 rings (SSSR count). The predicted octanol–water partition coefficient (Wildman–Crippen LogP) is 5.80. The summed E-state index contributed by atoms with van der Waals surface area (Å²) in [5.74, 6) is 1.35. The van der Waals surface area contributed by atoms with Crippen LogP contribution in [0.15, 0.2) is 79.0 Å². The molecule has 4 heterocycles. The number of amides is 1. The Morgan fingerprint density at radius 1 is 0.889 bits per heavy atom. The zero-order valence-corrected chi connectivity index (χ0v) is 26.5. The fraction of sp³-hybridized carbons (Fsp3) is 0.314. The van der Waals surface area contributed by atoms with Crippen LogP contribution in [0, 0.1) is 5.92 Å². The predicted molar refractivity (Wildman–Crippen MR) is 183 cm³/mol. The van der Waals surface area contributed by atoms with Crippen LogP contribution in [0.25, 0.3) is 39.5 Å². The fourth-order valence-electron chi connectivity index (χ4n) is 6.35. The molecular weight excluding hydrogens is 584 g/mol. The molecule has 9 nitrogen and oxygen atoms in total. The molecule has 1 saturated heterocycles. The van der Waals surface area contributed by atoms with Gasteiger partial charge in [0.2, 0.25) is 5.91 Å². The molecule has 0 spiro atoms. The van der Waals surface area contributed by atoms with E-state index in [0.717, 1.165) is 90.4 Å². The van der Waals surface area contributed by atoms with E-state index in [-0.39, 0.29) is 29.8 Å². The van der Waals surface area contributed by atoms with Gasteiger partial charge in [0.15, 0.2) is 11.5 Å². The summed E-state index contributed by atoms with van der Waals surface area (Å²) in [6.45, 7) is 6.99. The Morgan fingerprint density at radius 3 is 2.31 bits per heavy atom. The van der Waals surface area contributed by atoms with Gasteiger partial charge in [-0.15, -0.1) is 12.4 Å². The molecule has 10 heteroatoms. The average Bonchev–Trinajstić information content (AvgIpc) is 3.42. The first-order valence-electron chi connectivity index (χ1n) is 15.4. The second-order valence-electron chi connectivity index (χ2n) is 12.3. The van der Waals surface area contributed by atoms with Crippen LogP contribution >= 0.6 is 12.4 Å². The lowest BCUT2D eigenvalue weighted by atomic mass is 9.73. The third-order valence-corrected chi connectivity index (χ3v) is 9.12. The van der Waals surface area contributed by atoms with E-state index >= 15 is 0 Å². The number of piperazine rings is 1. The van der Waals surface area contributed by atoms with E-state index in [9.17, 15) is 4.79 Å². The lowest BCUT2D eigenvalue weighted by Crippen LogP contribution is -2.49. The number of carbonyl (C=O) groups is 1. The third kappa shape index (κ3) is 5.62. The number of carbonyl (C=O) groups excluding carboxylic acids is 1. The van der Waals surface area contributed by atoms with Crippen molar-refractivity contribution >= 4 is 41.0 Å². The number of anilines is 2. The number of nitrogens with zero attached hydrogens (tertiary/aromatic N) is 6. The number of aromatic nitrogens is 4. The normalized spacial score (nSPS) is 16.0. The Bertz CT molecular complexity index is 1840. The maximum absolute atomic E-state index is 12.5. The lowest BCUT2D eigenvalue weighted by Gasteiger charge is -2.38. The first-order chi connectivity index (χ1) is 21.3. The Labute approximate surface area is 269 Å². The second kappa shape index (κ2) is 12.1. The molecule has 2 fully saturated rings. The molecule has 0 atom stereocenters. The van der Waals surface area contributed by atoms with E-state index in [0.29, 0.717) is 11.6 Å². The minimum atomic E-state index is -0.237. The van der Waals surface area contributed by atoms with Gasteiger partial charge in [-0.25, -0.2) is 15.0 Å². The van der Waals surface area contributed by atoms with E-state index in [1.807, 2.05) is 43.0 Å². The number of nitrogens with two attached hydrogens (primary N) is 2. The maximum atomic E-state index is 12.5. The third-order valence-electron chi connectivity index (χ3n) is 9.12. The number of pyridine rings is 2. The number of benzene rings is 2. The standard InChI is InChI=1S/C35H38N8O.ClH/c1-23(2)34(44)42-20-18-41(19-21-42)27-7-3-6-24(22-27)29-13-14-30-33(39-29)43(32(40-30)28-8-4-17-38-31(28)36)26-11-9-25(10-12-26)35(37)15-5-16-35;/h3-4,6-14,17,22-23H,5,15-16,18-21,37H2,1-2H3,(H2,36,38);1H. The van der Waals surface area contributed by atoms with Gasteiger partial charge in [0.1, 0.15) is 11.3 Å². The van der Waals surface area contributed by atoms with E-state index in [1.54, 1.807) is 6.20 Å². The summed E-state index contributed by atoms with van der Waals surface area (Å²) in [5.41, 5.74) is 20.1. The highest BCUT2D eigenvalue weighted by atomic mass is 35.5. The van der Waals surface area contributed by atoms with Crippen LogP contribution in [-0.2, 0) is 10.3 Å². The van der Waals surface area contributed by atoms with Gasteiger partial charge in [-0.1, -0.05) is 38.1 Å². The Hall–Kier alpha value is -4.47. The quantitative estimate of drug-likeness (QED) is 0.246. The summed E-state index contributed by atoms with van der Waals surface area (Å²) in [6.07, 6.45) is 4.86. The summed E-state index contributed by atoms with van der Waals surface area (Å²) < 4.78 is 2.06. The summed E-state index contributed by atoms with van der Waals surface area (Å²) in [5, 5.41) is 0. The molecule has 1 aliphatic heterocycles. The first-order valence-corrected chi connectivity index (χ1v) is 15.4. The number of fused-ring (bicyclic) bond motifs is 1. The summed E-state index contributed by atoms with van der Waals surface area (Å²) in [7, 11) is 0. The number of hydrogen-bond acceptors (Lipinski definition) is 7. The minimum absolute atomic E-state index is 0. The fourth-order valence-corrected chi connectivity index (χ4v) is 6.35. The number of nitrogen functional groups attached to an aromatic ring is 1. The topological polar surface area (TPSA) is 119 Å². The summed E-state index contributed by atoms with van der Waals surface area (Å²) in [6, 6.07) is 24.8. The van der Waals surface area contributed by atoms with Crippen molar-refractivity contribution in [1.29, 1.82) is 0 Å². The molecule has 3 aromatic heterocycles. The van der Waals surface area contributed by atoms with Gasteiger partial charge in [0, 0.05) is 60.8 Å². The van der Waals surface area contributed by atoms with E-state index in [2.05, 4.69) is 63.0 Å². The highest BCUT2D eigenvalue weighted by molar-refractivity contribution is 5.86. The van der Waals surface area contributed by atoms with Gasteiger partial charge in [-0.05, 0) is 73.4 Å². The SMILES string of the molecule is CC(C)C(=O)N1CCN(c2cccc(-c3ccc4nc(-c5cccnc5N)n(-c5ccc(C6(N)CCC6)cc5)c4n3)c2)CC1.Cl. The molecule has 2 aromatic carbocycles. The summed E-state index contributed by atoms with van der Waals surface area (Å²) in [4.78, 5) is 31.3. The van der Waals surface area contributed by atoms with E-state index in [4.69, 9.17) is 21.4 Å². The van der Waals surface area contributed by atoms with E-state index < -0.39 is 0 Å². The molecule has 4 N–H and O–H groups in total. The van der Waals surface area contributed by atoms with E-state index in [1.165, 1.54) is 0 Å². The number of halogens is 1. The molecule has 1 amide bonds. The zero-order valence-electron chi connectivity index (χ0n) is 25.7. The van der Waals surface area contributed by atoms with Gasteiger partial charge >= 0.3 is 0 Å². The molecule has 1 saturated carbocycles. The molecular formula is C35H39ClN8O. The van der Waals surface area contributed by atoms with Crippen molar-refractivity contribution in [3.63, 3.8) is 0 Å². The van der Waals surface area contributed by atoms with Crippen LogP contribution in [0.1, 0.15) is 38.7 Å². The van der Waals surface area contributed by atoms with Crippen molar-refractivity contribution in [2.24, 2.45) is 11.7 Å². The number of imidazole rings is 1. The largest absolute Gasteiger partial charge is 0.383 e. The number of hydrogen-bond donors (Lipinski definition) is 2. The number of rotatable bonds is 6. The Balaban J connectivity index is 0.00000357. The van der Waals surface area contributed by atoms with Crippen LogP contribution in [0.2, 0.25) is 0 Å². The zero-order chi connectivity index (χ0) is 30.4. The lowest BCUT2D eigenvalue weighted by molar-refractivity contribution is -0.134. The minimum Gasteiger partial charge on any atom is -0.383 e. The van der Waals surface area contributed by atoms with Crippen molar-refractivity contribution in [1.82, 2.24) is 24.4 Å². The van der Waals surface area contributed by atoms with Crippen LogP contribution in [0.4, 0.5) is 11.5 Å². The second-order valence-corrected chi connectivity index (χ2v) is 12.3. The highest BCUT2D eigenvalue weighted by Crippen LogP contribution is 2.39. The maximum Gasteiger partial charge on any atom is 0.225 e. The monoisotopic (exact) mass is 622 g/mol. The Kier molecular flexibility index (Phi) is 8.24. The average molecular weight is 623 g/mol. The Morgan fingerprint density at radius 2 is 1.64 bits per heavy atom. The van der Waals surface area contributed by atoms with Gasteiger partial charge in [0.25, 0.3) is 0 Å². The van der Waals surface area contributed by atoms with Crippen LogP contribution in [0.3, 0.4) is 0 Å². The van der Waals surface area contributed by atoms with Crippen molar-refractivity contribution < 1.29 is 4.79 Å². The highest BCUT2D eigenvalue weighted by Gasteiger charge is 2.34. The van der Waals surface area contributed by atoms with Crippen LogP contribution in [0.5, 0.6) is 0 Å². The van der Waals surface area contributed by atoms with Gasteiger partial charge in [0.05, 0.1) is 11.3 Å². The molecule has 0 bridgehead atoms. The molecule has 5 aromatic rings. The molecule has 2 aliphatic rings. The molecule has 232 valence electrons. The molecule has 45 heavy (non-hydrogen) atoms. The van der Waals surface area contributed by atoms with Crippen molar-refractivity contribution in [3.8, 4) is 28.3 Å². The molecule has 1 aliphatic carbocycles. The van der Waals surface area contributed by atoms with Crippen LogP contribution < -0.4 is 16.4 Å². The van der Waals surface area contributed by atoms with Crippen molar-refractivity contribution in [2.45, 2.75) is 38.6 Å². The van der Waals surface area contributed by atoms with Crippen molar-refractivity contribution in [2.75, 3.05) is 36.8 Å². The van der Waals surface area contributed by atoms with Gasteiger partial charge in [-0.2, -0.15) is 0 Å². The van der Waals surface area contributed by atoms with Crippen LogP contribution in [-0.4, -0.2) is 56.5 Å². The van der Waals surface area contributed by atoms with Gasteiger partial charge < -0.3 is 21.3 Å². The molecule has 0 radical (unpaired) electrons.